The largest absolute Gasteiger partial charge is 0.397 e. The third-order valence-corrected chi connectivity index (χ3v) is 3.53. The number of hydrogen-bond acceptors (Lipinski definition) is 3. The van der Waals surface area contributed by atoms with Gasteiger partial charge in [0.05, 0.1) is 6.04 Å². The molecule has 1 radical (unpaired) electrons. The molecule has 2 N–H and O–H groups in total. The number of rotatable bonds is 4. The molecule has 1 saturated heterocycles. The third-order valence-electron chi connectivity index (χ3n) is 3.53. The summed E-state index contributed by atoms with van der Waals surface area (Å²) >= 11 is 0. The molecule has 2 amide bonds. The SMILES string of the molecule is CC(C)(C)c1cnc(C2CCCN2C(=O)[B]NC=O)[nH]1. The highest BCUT2D eigenvalue weighted by molar-refractivity contribution is 6.72. The highest BCUT2D eigenvalue weighted by Gasteiger charge is 2.32. The van der Waals surface area contributed by atoms with Crippen LogP contribution in [-0.4, -0.2) is 41.0 Å². The van der Waals surface area contributed by atoms with Crippen LogP contribution in [0.5, 0.6) is 0 Å². The van der Waals surface area contributed by atoms with E-state index in [9.17, 15) is 9.59 Å². The molecule has 107 valence electrons. The molecule has 6 nitrogen and oxygen atoms in total. The van der Waals surface area contributed by atoms with Gasteiger partial charge in [0.15, 0.2) is 12.2 Å². The van der Waals surface area contributed by atoms with Crippen LogP contribution in [0, 0.1) is 0 Å². The predicted octanol–water partition coefficient (Wildman–Crippen LogP) is 1.33. The second-order valence-electron chi connectivity index (χ2n) is 6.05. The number of likely N-dealkylation sites (tertiary alicyclic amines) is 1. The predicted molar refractivity (Wildman–Crippen MR) is 76.3 cm³/mol. The van der Waals surface area contributed by atoms with Crippen LogP contribution in [0.2, 0.25) is 0 Å². The Balaban J connectivity index is 2.12. The summed E-state index contributed by atoms with van der Waals surface area (Å²) in [6.07, 6.45) is 4.16. The zero-order valence-electron chi connectivity index (χ0n) is 12.1. The van der Waals surface area contributed by atoms with Crippen molar-refractivity contribution in [2.24, 2.45) is 0 Å². The Morgan fingerprint density at radius 1 is 1.60 bits per heavy atom. The molecule has 0 spiro atoms. The standard InChI is InChI=1S/C13H20BN4O2/c1-13(2,3)10-7-15-11(17-10)9-5-4-6-18(9)12(20)14-16-8-19/h7-9H,4-6H2,1-3H3,(H,15,17)(H,16,19). The molecule has 1 fully saturated rings. The van der Waals surface area contributed by atoms with Gasteiger partial charge in [0, 0.05) is 23.9 Å². The molecule has 2 rings (SSSR count). The summed E-state index contributed by atoms with van der Waals surface area (Å²) in [4.78, 5) is 31.7. The summed E-state index contributed by atoms with van der Waals surface area (Å²) in [5, 5.41) is 2.30. The molecule has 0 bridgehead atoms. The van der Waals surface area contributed by atoms with Gasteiger partial charge in [-0.05, 0) is 12.8 Å². The molecule has 1 aromatic heterocycles. The van der Waals surface area contributed by atoms with E-state index in [4.69, 9.17) is 0 Å². The van der Waals surface area contributed by atoms with Gasteiger partial charge in [0.2, 0.25) is 0 Å². The summed E-state index contributed by atoms with van der Waals surface area (Å²) in [5.41, 5.74) is 1.06. The first-order chi connectivity index (χ1) is 9.43. The third kappa shape index (κ3) is 3.03. The van der Waals surface area contributed by atoms with Crippen molar-refractivity contribution in [3.63, 3.8) is 0 Å². The van der Waals surface area contributed by atoms with Crippen molar-refractivity contribution in [2.45, 2.75) is 45.1 Å². The number of H-pyrrole nitrogens is 1. The van der Waals surface area contributed by atoms with Crippen LogP contribution >= 0.6 is 0 Å². The summed E-state index contributed by atoms with van der Waals surface area (Å²) in [6, 6.07) is -0.0386. The number of aromatic nitrogens is 2. The van der Waals surface area contributed by atoms with Crippen molar-refractivity contribution in [3.05, 3.63) is 17.7 Å². The topological polar surface area (TPSA) is 78.1 Å². The molecule has 1 unspecified atom stereocenters. The van der Waals surface area contributed by atoms with Gasteiger partial charge in [-0.1, -0.05) is 20.8 Å². The number of nitrogens with one attached hydrogen (secondary N) is 2. The van der Waals surface area contributed by atoms with Gasteiger partial charge in [-0.2, -0.15) is 0 Å². The van der Waals surface area contributed by atoms with Crippen LogP contribution in [0.15, 0.2) is 6.20 Å². The maximum absolute atomic E-state index is 12.0. The minimum Gasteiger partial charge on any atom is -0.397 e. The lowest BCUT2D eigenvalue weighted by atomic mass is 9.92. The number of carbonyl (C=O) groups excluding carboxylic acids is 2. The Kier molecular flexibility index (Phi) is 4.16. The molecule has 0 aliphatic carbocycles. The van der Waals surface area contributed by atoms with E-state index in [2.05, 4.69) is 36.0 Å². The Bertz CT molecular complexity index is 495. The van der Waals surface area contributed by atoms with E-state index >= 15 is 0 Å². The highest BCUT2D eigenvalue weighted by atomic mass is 16.2. The van der Waals surface area contributed by atoms with E-state index in [-0.39, 0.29) is 17.3 Å². The van der Waals surface area contributed by atoms with Crippen molar-refractivity contribution in [3.8, 4) is 0 Å². The summed E-state index contributed by atoms with van der Waals surface area (Å²) < 4.78 is 0. The lowest BCUT2D eigenvalue weighted by molar-refractivity contribution is -0.108. The van der Waals surface area contributed by atoms with Crippen LogP contribution in [0.25, 0.3) is 0 Å². The summed E-state index contributed by atoms with van der Waals surface area (Å²) in [7, 11) is 1.19. The van der Waals surface area contributed by atoms with Gasteiger partial charge in [-0.25, -0.2) is 4.98 Å². The van der Waals surface area contributed by atoms with Gasteiger partial charge in [-0.3, -0.25) is 9.59 Å². The Morgan fingerprint density at radius 2 is 2.35 bits per heavy atom. The van der Waals surface area contributed by atoms with Crippen molar-refractivity contribution in [1.82, 2.24) is 20.1 Å². The average Bonchev–Trinajstić information content (AvgIpc) is 3.02. The maximum atomic E-state index is 12.0. The van der Waals surface area contributed by atoms with Crippen LogP contribution in [-0.2, 0) is 10.2 Å². The summed E-state index contributed by atoms with van der Waals surface area (Å²) in [6.45, 7) is 7.03. The second-order valence-corrected chi connectivity index (χ2v) is 6.05. The van der Waals surface area contributed by atoms with Crippen LogP contribution in [0.4, 0.5) is 4.79 Å². The smallest absolute Gasteiger partial charge is 0.364 e. The first-order valence-electron chi connectivity index (χ1n) is 6.82. The Hall–Kier alpha value is -1.79. The molecule has 1 atom stereocenters. The Morgan fingerprint density at radius 3 is 2.95 bits per heavy atom. The quantitative estimate of drug-likeness (QED) is 0.642. The molecule has 0 saturated carbocycles. The van der Waals surface area contributed by atoms with Crippen LogP contribution < -0.4 is 5.23 Å². The maximum Gasteiger partial charge on any atom is 0.364 e. The molecule has 0 aromatic carbocycles. The monoisotopic (exact) mass is 275 g/mol. The number of aromatic amines is 1. The van der Waals surface area contributed by atoms with Gasteiger partial charge in [0.1, 0.15) is 5.82 Å². The average molecular weight is 275 g/mol. The van der Waals surface area contributed by atoms with Crippen LogP contribution in [0.1, 0.15) is 51.2 Å². The lowest BCUT2D eigenvalue weighted by Gasteiger charge is -2.23. The molecule has 7 heteroatoms. The van der Waals surface area contributed by atoms with Crippen molar-refractivity contribution >= 4 is 19.6 Å². The minimum atomic E-state index is -0.187. The van der Waals surface area contributed by atoms with E-state index in [1.165, 1.54) is 7.41 Å². The second kappa shape index (κ2) is 5.69. The van der Waals surface area contributed by atoms with E-state index in [0.717, 1.165) is 24.4 Å². The zero-order valence-corrected chi connectivity index (χ0v) is 12.1. The number of amides is 2. The van der Waals surface area contributed by atoms with E-state index in [0.29, 0.717) is 13.0 Å². The van der Waals surface area contributed by atoms with Gasteiger partial charge >= 0.3 is 7.41 Å². The molecule has 1 aliphatic heterocycles. The zero-order chi connectivity index (χ0) is 14.8. The first kappa shape index (κ1) is 14.6. The van der Waals surface area contributed by atoms with Crippen molar-refractivity contribution in [1.29, 1.82) is 0 Å². The lowest BCUT2D eigenvalue weighted by Crippen LogP contribution is -2.39. The minimum absolute atomic E-state index is 0.00386. The molecular weight excluding hydrogens is 255 g/mol. The number of carbonyl (C=O) groups is 2. The molecule has 1 aliphatic rings. The number of hydrogen-bond donors (Lipinski definition) is 2. The fourth-order valence-corrected chi connectivity index (χ4v) is 2.39. The molecule has 1 aromatic rings. The first-order valence-corrected chi connectivity index (χ1v) is 6.82. The normalized spacial score (nSPS) is 18.9. The van der Waals surface area contributed by atoms with Crippen LogP contribution in [0.3, 0.4) is 0 Å². The van der Waals surface area contributed by atoms with E-state index < -0.39 is 0 Å². The van der Waals surface area contributed by atoms with Gasteiger partial charge in [0.25, 0.3) is 0 Å². The van der Waals surface area contributed by atoms with Crippen molar-refractivity contribution in [2.75, 3.05) is 6.54 Å². The fraction of sp³-hybridized carbons (Fsp3) is 0.615. The highest BCUT2D eigenvalue weighted by Crippen LogP contribution is 2.31. The molecule has 20 heavy (non-hydrogen) atoms. The van der Waals surface area contributed by atoms with Crippen molar-refractivity contribution < 1.29 is 9.59 Å². The van der Waals surface area contributed by atoms with Gasteiger partial charge < -0.3 is 15.1 Å². The summed E-state index contributed by atoms with van der Waals surface area (Å²) in [5.74, 6) is 0.633. The molecule has 2 heterocycles. The fourth-order valence-electron chi connectivity index (χ4n) is 2.39. The van der Waals surface area contributed by atoms with E-state index in [1.54, 1.807) is 4.90 Å². The number of nitrogens with zero attached hydrogens (tertiary/aromatic N) is 2. The Labute approximate surface area is 119 Å². The molecular formula is C13H20BN4O2. The van der Waals surface area contributed by atoms with E-state index in [1.807, 2.05) is 6.20 Å². The number of imidazole rings is 1. The van der Waals surface area contributed by atoms with Gasteiger partial charge in [-0.15, -0.1) is 0 Å².